The summed E-state index contributed by atoms with van der Waals surface area (Å²) in [7, 11) is 0. The first-order valence-corrected chi connectivity index (χ1v) is 5.04. The van der Waals surface area contributed by atoms with E-state index >= 15 is 0 Å². The van der Waals surface area contributed by atoms with Gasteiger partial charge in [0.05, 0.1) is 0 Å². The summed E-state index contributed by atoms with van der Waals surface area (Å²) in [4.78, 5) is 10.9. The second-order valence-corrected chi connectivity index (χ2v) is 4.33. The number of rotatable bonds is 2. The fourth-order valence-corrected chi connectivity index (χ4v) is 2.13. The van der Waals surface area contributed by atoms with Crippen LogP contribution in [0.2, 0.25) is 0 Å². The molecule has 0 spiro atoms. The Labute approximate surface area is 88.4 Å². The Hall–Kier alpha value is -1.35. The zero-order valence-electron chi connectivity index (χ0n) is 8.60. The van der Waals surface area contributed by atoms with Crippen LogP contribution >= 0.6 is 0 Å². The highest BCUT2D eigenvalue weighted by atomic mass is 16.4. The van der Waals surface area contributed by atoms with Gasteiger partial charge in [0.25, 0.3) is 0 Å². The minimum Gasteiger partial charge on any atom is -0.479 e. The summed E-state index contributed by atoms with van der Waals surface area (Å²) in [6.07, 6.45) is 1.30. The highest BCUT2D eigenvalue weighted by Gasteiger charge is 2.42. The van der Waals surface area contributed by atoms with E-state index in [4.69, 9.17) is 5.11 Å². The second-order valence-electron chi connectivity index (χ2n) is 4.33. The van der Waals surface area contributed by atoms with Crippen molar-refractivity contribution in [2.24, 2.45) is 5.92 Å². The molecule has 15 heavy (non-hydrogen) atoms. The van der Waals surface area contributed by atoms with Crippen molar-refractivity contribution in [2.75, 3.05) is 0 Å². The van der Waals surface area contributed by atoms with Gasteiger partial charge in [0.15, 0.2) is 5.60 Å². The molecule has 0 radical (unpaired) electrons. The lowest BCUT2D eigenvalue weighted by molar-refractivity contribution is -0.162. The number of carbonyl (C=O) groups is 1. The Bertz CT molecular complexity index is 371. The summed E-state index contributed by atoms with van der Waals surface area (Å²) in [6.45, 7) is 1.38. The fourth-order valence-electron chi connectivity index (χ4n) is 2.13. The number of fused-ring (bicyclic) bond motifs is 1. The average molecular weight is 206 g/mol. The molecule has 0 aromatic heterocycles. The van der Waals surface area contributed by atoms with Crippen molar-refractivity contribution in [3.63, 3.8) is 0 Å². The molecule has 3 heteroatoms. The Morgan fingerprint density at radius 2 is 1.80 bits per heavy atom. The quantitative estimate of drug-likeness (QED) is 0.765. The van der Waals surface area contributed by atoms with Crippen molar-refractivity contribution in [1.82, 2.24) is 0 Å². The average Bonchev–Trinajstić information content (AvgIpc) is 2.61. The molecule has 3 nitrogen and oxygen atoms in total. The molecule has 1 aliphatic carbocycles. The van der Waals surface area contributed by atoms with Crippen LogP contribution in [0.4, 0.5) is 0 Å². The van der Waals surface area contributed by atoms with Gasteiger partial charge in [-0.3, -0.25) is 0 Å². The molecule has 0 bridgehead atoms. The Kier molecular flexibility index (Phi) is 2.27. The van der Waals surface area contributed by atoms with Crippen molar-refractivity contribution in [2.45, 2.75) is 25.4 Å². The summed E-state index contributed by atoms with van der Waals surface area (Å²) in [5.74, 6) is -1.35. The van der Waals surface area contributed by atoms with Crippen molar-refractivity contribution < 1.29 is 15.0 Å². The van der Waals surface area contributed by atoms with Gasteiger partial charge in [0.2, 0.25) is 0 Å². The van der Waals surface area contributed by atoms with E-state index in [1.54, 1.807) is 0 Å². The first-order valence-electron chi connectivity index (χ1n) is 5.04. The number of aliphatic hydroxyl groups is 1. The minimum atomic E-state index is -1.63. The van der Waals surface area contributed by atoms with E-state index in [0.717, 1.165) is 11.1 Å². The first-order chi connectivity index (χ1) is 7.01. The molecule has 0 saturated heterocycles. The van der Waals surface area contributed by atoms with Crippen molar-refractivity contribution in [1.29, 1.82) is 0 Å². The lowest BCUT2D eigenvalue weighted by atomic mass is 9.87. The van der Waals surface area contributed by atoms with Gasteiger partial charge in [-0.2, -0.15) is 0 Å². The van der Waals surface area contributed by atoms with Gasteiger partial charge in [-0.1, -0.05) is 24.3 Å². The van der Waals surface area contributed by atoms with E-state index in [1.807, 2.05) is 24.3 Å². The largest absolute Gasteiger partial charge is 0.479 e. The van der Waals surface area contributed by atoms with E-state index in [1.165, 1.54) is 6.92 Å². The highest BCUT2D eigenvalue weighted by Crippen LogP contribution is 2.33. The fraction of sp³-hybridized carbons (Fsp3) is 0.417. The Morgan fingerprint density at radius 3 is 2.20 bits per heavy atom. The number of hydrogen-bond acceptors (Lipinski definition) is 2. The van der Waals surface area contributed by atoms with Crippen LogP contribution in [-0.4, -0.2) is 21.8 Å². The second kappa shape index (κ2) is 3.35. The van der Waals surface area contributed by atoms with Gasteiger partial charge < -0.3 is 10.2 Å². The summed E-state index contributed by atoms with van der Waals surface area (Å²) in [6, 6.07) is 7.87. The third kappa shape index (κ3) is 1.63. The van der Waals surface area contributed by atoms with Gasteiger partial charge in [-0.25, -0.2) is 4.79 Å². The normalized spacial score (nSPS) is 19.6. The monoisotopic (exact) mass is 206 g/mol. The summed E-state index contributed by atoms with van der Waals surface area (Å²) in [5.41, 5.74) is 0.687. The topological polar surface area (TPSA) is 57.5 Å². The molecule has 1 atom stereocenters. The molecule has 1 aliphatic rings. The van der Waals surface area contributed by atoms with Crippen LogP contribution < -0.4 is 0 Å². The van der Waals surface area contributed by atoms with Gasteiger partial charge in [-0.05, 0) is 30.9 Å². The van der Waals surface area contributed by atoms with Gasteiger partial charge in [-0.15, -0.1) is 0 Å². The smallest absolute Gasteiger partial charge is 0.335 e. The molecular formula is C12H14O3. The molecule has 1 aromatic carbocycles. The molecule has 0 heterocycles. The van der Waals surface area contributed by atoms with E-state index in [9.17, 15) is 9.90 Å². The maximum atomic E-state index is 10.9. The van der Waals surface area contributed by atoms with Gasteiger partial charge >= 0.3 is 5.97 Å². The third-order valence-electron chi connectivity index (χ3n) is 3.28. The number of aliphatic carboxylic acids is 1. The van der Waals surface area contributed by atoms with Crippen LogP contribution in [0.5, 0.6) is 0 Å². The molecular weight excluding hydrogens is 192 g/mol. The van der Waals surface area contributed by atoms with Gasteiger partial charge in [0.1, 0.15) is 0 Å². The molecule has 1 unspecified atom stereocenters. The van der Waals surface area contributed by atoms with E-state index in [-0.39, 0.29) is 5.92 Å². The Morgan fingerprint density at radius 1 is 1.33 bits per heavy atom. The van der Waals surface area contributed by atoms with E-state index in [0.29, 0.717) is 12.8 Å². The maximum absolute atomic E-state index is 10.9. The van der Waals surface area contributed by atoms with Crippen molar-refractivity contribution in [3.05, 3.63) is 35.4 Å². The van der Waals surface area contributed by atoms with Crippen LogP contribution in [0, 0.1) is 5.92 Å². The predicted octanol–water partition coefficient (Wildman–Crippen LogP) is 1.24. The van der Waals surface area contributed by atoms with E-state index in [2.05, 4.69) is 0 Å². The third-order valence-corrected chi connectivity index (χ3v) is 3.28. The highest BCUT2D eigenvalue weighted by molar-refractivity contribution is 5.77. The van der Waals surface area contributed by atoms with Crippen LogP contribution in [-0.2, 0) is 17.6 Å². The molecule has 80 valence electrons. The molecule has 2 rings (SSSR count). The van der Waals surface area contributed by atoms with Crippen LogP contribution in [0.1, 0.15) is 18.1 Å². The lowest BCUT2D eigenvalue weighted by Crippen LogP contribution is -2.43. The van der Waals surface area contributed by atoms with Crippen LogP contribution in [0.3, 0.4) is 0 Å². The summed E-state index contributed by atoms with van der Waals surface area (Å²) >= 11 is 0. The molecule has 0 aliphatic heterocycles. The minimum absolute atomic E-state index is 0.215. The van der Waals surface area contributed by atoms with Crippen molar-refractivity contribution >= 4 is 5.97 Å². The molecule has 1 aromatic rings. The number of hydrogen-bond donors (Lipinski definition) is 2. The molecule has 2 N–H and O–H groups in total. The number of benzene rings is 1. The van der Waals surface area contributed by atoms with Crippen LogP contribution in [0.25, 0.3) is 0 Å². The summed E-state index contributed by atoms with van der Waals surface area (Å²) in [5, 5.41) is 18.8. The number of carboxylic acid groups (broad SMARTS) is 1. The predicted molar refractivity (Wildman–Crippen MR) is 55.6 cm³/mol. The SMILES string of the molecule is CC(O)(C(=O)O)C1Cc2ccccc2C1. The zero-order valence-corrected chi connectivity index (χ0v) is 8.60. The molecule has 0 fully saturated rings. The lowest BCUT2D eigenvalue weighted by Gasteiger charge is -2.24. The van der Waals surface area contributed by atoms with Gasteiger partial charge in [0, 0.05) is 5.92 Å². The zero-order chi connectivity index (χ0) is 11.1. The summed E-state index contributed by atoms with van der Waals surface area (Å²) < 4.78 is 0. The van der Waals surface area contributed by atoms with E-state index < -0.39 is 11.6 Å². The first kappa shape index (κ1) is 10.2. The van der Waals surface area contributed by atoms with Crippen LogP contribution in [0.15, 0.2) is 24.3 Å². The number of carboxylic acids is 1. The van der Waals surface area contributed by atoms with Crippen molar-refractivity contribution in [3.8, 4) is 0 Å². The maximum Gasteiger partial charge on any atom is 0.335 e. The standard InChI is InChI=1S/C12H14O3/c1-12(15,11(13)14)10-6-8-4-2-3-5-9(8)7-10/h2-5,10,15H,6-7H2,1H3,(H,13,14). The molecule has 0 amide bonds. The molecule has 0 saturated carbocycles. The Balaban J connectivity index is 2.24.